The van der Waals surface area contributed by atoms with E-state index in [0.717, 1.165) is 11.0 Å². The Labute approximate surface area is 163 Å². The Bertz CT molecular complexity index is 787. The molecule has 146 valence electrons. The third-order valence-electron chi connectivity index (χ3n) is 4.85. The van der Waals surface area contributed by atoms with Crippen LogP contribution in [0.15, 0.2) is 23.4 Å². The highest BCUT2D eigenvalue weighted by Gasteiger charge is 2.22. The molecule has 2 aromatic rings. The zero-order valence-electron chi connectivity index (χ0n) is 16.0. The van der Waals surface area contributed by atoms with Crippen LogP contribution >= 0.6 is 11.8 Å². The van der Waals surface area contributed by atoms with Crippen molar-refractivity contribution in [1.82, 2.24) is 14.8 Å². The number of amides is 1. The summed E-state index contributed by atoms with van der Waals surface area (Å²) in [6.45, 7) is 0. The molecule has 0 saturated heterocycles. The molecule has 0 aliphatic heterocycles. The van der Waals surface area contributed by atoms with Crippen molar-refractivity contribution in [2.45, 2.75) is 43.2 Å². The summed E-state index contributed by atoms with van der Waals surface area (Å²) in [5.74, 6) is 2.88. The molecule has 3 rings (SSSR count). The fraction of sp³-hybridized carbons (Fsp3) is 0.526. The molecule has 0 radical (unpaired) electrons. The van der Waals surface area contributed by atoms with Crippen LogP contribution in [0.1, 0.15) is 43.8 Å². The molecule has 1 aromatic carbocycles. The van der Waals surface area contributed by atoms with E-state index in [2.05, 4.69) is 15.5 Å². The van der Waals surface area contributed by atoms with Gasteiger partial charge in [0, 0.05) is 19.0 Å². The number of carbonyl (C=O) groups excluding carboxylic acids is 1. The van der Waals surface area contributed by atoms with E-state index in [-0.39, 0.29) is 11.7 Å². The highest BCUT2D eigenvalue weighted by Crippen LogP contribution is 2.33. The van der Waals surface area contributed by atoms with Crippen molar-refractivity contribution in [1.29, 1.82) is 0 Å². The molecule has 1 fully saturated rings. The number of carbonyl (C=O) groups is 1. The second-order valence-electron chi connectivity index (χ2n) is 6.64. The van der Waals surface area contributed by atoms with Crippen LogP contribution in [0.3, 0.4) is 0 Å². The average molecular weight is 391 g/mol. The molecule has 1 aliphatic rings. The first-order valence-electron chi connectivity index (χ1n) is 9.16. The molecule has 0 spiro atoms. The summed E-state index contributed by atoms with van der Waals surface area (Å²) in [6, 6.07) is 5.29. The number of rotatable bonds is 7. The number of methoxy groups -OCH3 is 2. The normalized spacial score (nSPS) is 14.8. The molecule has 0 atom stereocenters. The molecular weight excluding hydrogens is 364 g/mol. The maximum Gasteiger partial charge on any atom is 0.234 e. The Balaban J connectivity index is 1.60. The average Bonchev–Trinajstić information content (AvgIpc) is 3.07. The monoisotopic (exact) mass is 390 g/mol. The highest BCUT2D eigenvalue weighted by atomic mass is 32.2. The van der Waals surface area contributed by atoms with E-state index in [0.29, 0.717) is 23.1 Å². The summed E-state index contributed by atoms with van der Waals surface area (Å²) in [6.07, 6.45) is 6.17. The lowest BCUT2D eigenvalue weighted by Crippen LogP contribution is -2.15. The lowest BCUT2D eigenvalue weighted by molar-refractivity contribution is -0.113. The minimum Gasteiger partial charge on any atom is -0.497 e. The first-order chi connectivity index (χ1) is 13.1. The lowest BCUT2D eigenvalue weighted by Gasteiger charge is -2.20. The first kappa shape index (κ1) is 19.5. The molecular formula is C19H26N4O3S. The molecule has 27 heavy (non-hydrogen) atoms. The van der Waals surface area contributed by atoms with Crippen molar-refractivity contribution in [3.05, 3.63) is 24.0 Å². The summed E-state index contributed by atoms with van der Waals surface area (Å²) in [4.78, 5) is 12.4. The largest absolute Gasteiger partial charge is 0.497 e. The number of anilines is 1. The van der Waals surface area contributed by atoms with Gasteiger partial charge < -0.3 is 19.4 Å². The third-order valence-corrected chi connectivity index (χ3v) is 5.87. The zero-order chi connectivity index (χ0) is 19.2. The Morgan fingerprint density at radius 3 is 2.70 bits per heavy atom. The molecule has 0 unspecified atom stereocenters. The van der Waals surface area contributed by atoms with Crippen LogP contribution in [0.4, 0.5) is 5.69 Å². The Hall–Kier alpha value is -2.22. The number of ether oxygens (including phenoxy) is 2. The molecule has 0 bridgehead atoms. The molecule has 1 aliphatic carbocycles. The van der Waals surface area contributed by atoms with Gasteiger partial charge in [0.1, 0.15) is 17.3 Å². The molecule has 1 N–H and O–H groups in total. The molecule has 1 saturated carbocycles. The predicted molar refractivity (Wildman–Crippen MR) is 106 cm³/mol. The van der Waals surface area contributed by atoms with Gasteiger partial charge in [0.05, 0.1) is 25.7 Å². The van der Waals surface area contributed by atoms with E-state index in [4.69, 9.17) is 9.47 Å². The van der Waals surface area contributed by atoms with Crippen LogP contribution in [-0.2, 0) is 11.8 Å². The SMILES string of the molecule is COc1ccc(OC)c(NC(=O)CSc2nnc(C3CCCCC3)n2C)c1. The number of nitrogens with zero attached hydrogens (tertiary/aromatic N) is 3. The Morgan fingerprint density at radius 2 is 2.00 bits per heavy atom. The van der Waals surface area contributed by atoms with Gasteiger partial charge in [-0.2, -0.15) is 0 Å². The Kier molecular flexibility index (Phi) is 6.60. The van der Waals surface area contributed by atoms with Gasteiger partial charge >= 0.3 is 0 Å². The number of nitrogens with one attached hydrogen (secondary N) is 1. The van der Waals surface area contributed by atoms with Crippen molar-refractivity contribution in [3.63, 3.8) is 0 Å². The van der Waals surface area contributed by atoms with Crippen LogP contribution in [0.2, 0.25) is 0 Å². The third kappa shape index (κ3) is 4.74. The number of benzene rings is 1. The molecule has 8 heteroatoms. The summed E-state index contributed by atoms with van der Waals surface area (Å²) in [5, 5.41) is 12.3. The van der Waals surface area contributed by atoms with Gasteiger partial charge in [-0.3, -0.25) is 4.79 Å². The standard InChI is InChI=1S/C19H26N4O3S/c1-23-18(13-7-5-4-6-8-13)21-22-19(23)27-12-17(24)20-15-11-14(25-2)9-10-16(15)26-3/h9-11,13H,4-8,12H2,1-3H3,(H,20,24). The van der Waals surface area contributed by atoms with E-state index >= 15 is 0 Å². The number of hydrogen-bond donors (Lipinski definition) is 1. The van der Waals surface area contributed by atoms with Crippen molar-refractivity contribution >= 4 is 23.4 Å². The Morgan fingerprint density at radius 1 is 1.22 bits per heavy atom. The van der Waals surface area contributed by atoms with Crippen LogP contribution in [-0.4, -0.2) is 40.6 Å². The number of aromatic nitrogens is 3. The maximum atomic E-state index is 12.4. The minimum atomic E-state index is -0.131. The smallest absolute Gasteiger partial charge is 0.234 e. The molecule has 1 aromatic heterocycles. The van der Waals surface area contributed by atoms with Crippen LogP contribution in [0, 0.1) is 0 Å². The van der Waals surface area contributed by atoms with Crippen molar-refractivity contribution in [2.24, 2.45) is 7.05 Å². The summed E-state index contributed by atoms with van der Waals surface area (Å²) >= 11 is 1.39. The number of hydrogen-bond acceptors (Lipinski definition) is 6. The van der Waals surface area contributed by atoms with Gasteiger partial charge in [-0.1, -0.05) is 31.0 Å². The van der Waals surface area contributed by atoms with Gasteiger partial charge in [0.2, 0.25) is 5.91 Å². The highest BCUT2D eigenvalue weighted by molar-refractivity contribution is 7.99. The summed E-state index contributed by atoms with van der Waals surface area (Å²) in [5.41, 5.74) is 0.586. The van der Waals surface area contributed by atoms with E-state index < -0.39 is 0 Å². The fourth-order valence-corrected chi connectivity index (χ4v) is 4.11. The maximum absolute atomic E-state index is 12.4. The van der Waals surface area contributed by atoms with Crippen LogP contribution in [0.25, 0.3) is 0 Å². The number of thioether (sulfide) groups is 1. The molecule has 1 amide bonds. The zero-order valence-corrected chi connectivity index (χ0v) is 16.8. The van der Waals surface area contributed by atoms with Gasteiger partial charge in [0.25, 0.3) is 0 Å². The van der Waals surface area contributed by atoms with Crippen molar-refractivity contribution in [2.75, 3.05) is 25.3 Å². The first-order valence-corrected chi connectivity index (χ1v) is 10.1. The van der Waals surface area contributed by atoms with Crippen LogP contribution in [0.5, 0.6) is 11.5 Å². The van der Waals surface area contributed by atoms with E-state index in [1.54, 1.807) is 32.4 Å². The summed E-state index contributed by atoms with van der Waals surface area (Å²) in [7, 11) is 5.13. The molecule has 1 heterocycles. The van der Waals surface area contributed by atoms with Gasteiger partial charge in [-0.15, -0.1) is 10.2 Å². The van der Waals surface area contributed by atoms with Crippen LogP contribution < -0.4 is 14.8 Å². The van der Waals surface area contributed by atoms with Crippen molar-refractivity contribution < 1.29 is 14.3 Å². The topological polar surface area (TPSA) is 78.3 Å². The fourth-order valence-electron chi connectivity index (χ4n) is 3.40. The van der Waals surface area contributed by atoms with E-state index in [1.165, 1.54) is 43.9 Å². The van der Waals surface area contributed by atoms with E-state index in [9.17, 15) is 4.79 Å². The van der Waals surface area contributed by atoms with Crippen molar-refractivity contribution in [3.8, 4) is 11.5 Å². The van der Waals surface area contributed by atoms with Gasteiger partial charge in [0.15, 0.2) is 5.16 Å². The summed E-state index contributed by atoms with van der Waals surface area (Å²) < 4.78 is 12.5. The lowest BCUT2D eigenvalue weighted by atomic mass is 9.89. The van der Waals surface area contributed by atoms with Gasteiger partial charge in [-0.05, 0) is 25.0 Å². The predicted octanol–water partition coefficient (Wildman–Crippen LogP) is 3.61. The van der Waals surface area contributed by atoms with Gasteiger partial charge in [-0.25, -0.2) is 0 Å². The van der Waals surface area contributed by atoms with E-state index in [1.807, 2.05) is 11.6 Å². The second-order valence-corrected chi connectivity index (χ2v) is 7.58. The second kappa shape index (κ2) is 9.12. The molecule has 7 nitrogen and oxygen atoms in total. The minimum absolute atomic E-state index is 0.131. The quantitative estimate of drug-likeness (QED) is 0.728.